The fourth-order valence-corrected chi connectivity index (χ4v) is 3.02. The SMILES string of the molecule is CN1CCC[C@@H](CN(C)C(=O)C(=O)Nc2cccc(Cl)c2F)C1. The van der Waals surface area contributed by atoms with E-state index in [1.807, 2.05) is 7.05 Å². The molecule has 1 aliphatic heterocycles. The summed E-state index contributed by atoms with van der Waals surface area (Å²) in [6.45, 7) is 2.47. The number of carbonyl (C=O) groups is 2. The monoisotopic (exact) mass is 341 g/mol. The molecule has 1 aromatic rings. The summed E-state index contributed by atoms with van der Waals surface area (Å²) in [5.41, 5.74) is -0.0957. The van der Waals surface area contributed by atoms with Crippen molar-refractivity contribution in [2.45, 2.75) is 12.8 Å². The van der Waals surface area contributed by atoms with Crippen molar-refractivity contribution in [3.8, 4) is 0 Å². The van der Waals surface area contributed by atoms with Gasteiger partial charge in [-0.25, -0.2) is 4.39 Å². The van der Waals surface area contributed by atoms with Crippen LogP contribution in [0.1, 0.15) is 12.8 Å². The van der Waals surface area contributed by atoms with Crippen LogP contribution >= 0.6 is 11.6 Å². The smallest absolute Gasteiger partial charge is 0.313 e. The Hall–Kier alpha value is -1.66. The number of hydrogen-bond donors (Lipinski definition) is 1. The van der Waals surface area contributed by atoms with E-state index < -0.39 is 17.6 Å². The maximum Gasteiger partial charge on any atom is 0.313 e. The molecule has 1 aromatic carbocycles. The first-order valence-electron chi connectivity index (χ1n) is 7.57. The third-order valence-electron chi connectivity index (χ3n) is 3.99. The molecule has 1 fully saturated rings. The van der Waals surface area contributed by atoms with Crippen LogP contribution in [0.3, 0.4) is 0 Å². The van der Waals surface area contributed by atoms with E-state index in [1.165, 1.54) is 23.1 Å². The van der Waals surface area contributed by atoms with Crippen molar-refractivity contribution in [3.05, 3.63) is 29.0 Å². The number of rotatable bonds is 3. The van der Waals surface area contributed by atoms with E-state index in [-0.39, 0.29) is 10.7 Å². The van der Waals surface area contributed by atoms with E-state index in [9.17, 15) is 14.0 Å². The topological polar surface area (TPSA) is 52.7 Å². The Morgan fingerprint density at radius 1 is 1.48 bits per heavy atom. The fourth-order valence-electron chi connectivity index (χ4n) is 2.84. The van der Waals surface area contributed by atoms with Gasteiger partial charge >= 0.3 is 11.8 Å². The van der Waals surface area contributed by atoms with Crippen molar-refractivity contribution >= 4 is 29.1 Å². The fraction of sp³-hybridized carbons (Fsp3) is 0.500. The highest BCUT2D eigenvalue weighted by molar-refractivity contribution is 6.39. The van der Waals surface area contributed by atoms with Gasteiger partial charge in [0.1, 0.15) is 0 Å². The lowest BCUT2D eigenvalue weighted by Gasteiger charge is -2.32. The van der Waals surface area contributed by atoms with Crippen molar-refractivity contribution in [1.29, 1.82) is 0 Å². The maximum absolute atomic E-state index is 13.8. The third-order valence-corrected chi connectivity index (χ3v) is 4.29. The number of benzene rings is 1. The standard InChI is InChI=1S/C16H21ClFN3O2/c1-20-8-4-5-11(9-20)10-21(2)16(23)15(22)19-13-7-3-6-12(17)14(13)18/h3,6-7,11H,4-5,8-10H2,1-2H3,(H,19,22)/t11-/m1/s1. The van der Waals surface area contributed by atoms with Crippen LogP contribution in [0, 0.1) is 11.7 Å². The molecule has 0 saturated carbocycles. The van der Waals surface area contributed by atoms with Gasteiger partial charge in [-0.3, -0.25) is 9.59 Å². The lowest BCUT2D eigenvalue weighted by Crippen LogP contribution is -2.43. The van der Waals surface area contributed by atoms with Crippen LogP contribution in [0.4, 0.5) is 10.1 Å². The number of halogens is 2. The molecule has 7 heteroatoms. The second-order valence-electron chi connectivity index (χ2n) is 6.01. The molecule has 2 amide bonds. The molecule has 1 saturated heterocycles. The number of anilines is 1. The molecule has 1 atom stereocenters. The van der Waals surface area contributed by atoms with Crippen molar-refractivity contribution in [3.63, 3.8) is 0 Å². The molecule has 0 aliphatic carbocycles. The molecule has 1 N–H and O–H groups in total. The Labute approximate surface area is 140 Å². The highest BCUT2D eigenvalue weighted by atomic mass is 35.5. The quantitative estimate of drug-likeness (QED) is 0.858. The van der Waals surface area contributed by atoms with Crippen LogP contribution < -0.4 is 5.32 Å². The first-order valence-corrected chi connectivity index (χ1v) is 7.95. The Bertz CT molecular complexity index is 597. The molecule has 0 spiro atoms. The second kappa shape index (κ2) is 7.75. The minimum atomic E-state index is -0.863. The second-order valence-corrected chi connectivity index (χ2v) is 6.42. The van der Waals surface area contributed by atoms with E-state index in [0.717, 1.165) is 25.9 Å². The predicted molar refractivity (Wildman–Crippen MR) is 87.9 cm³/mol. The largest absolute Gasteiger partial charge is 0.337 e. The van der Waals surface area contributed by atoms with E-state index in [0.29, 0.717) is 12.5 Å². The first-order chi connectivity index (χ1) is 10.9. The summed E-state index contributed by atoms with van der Waals surface area (Å²) >= 11 is 5.66. The number of nitrogens with zero attached hydrogens (tertiary/aromatic N) is 2. The normalized spacial score (nSPS) is 18.5. The van der Waals surface area contributed by atoms with Crippen LogP contribution in [0.25, 0.3) is 0 Å². The first kappa shape index (κ1) is 17.7. The minimum absolute atomic E-state index is 0.0957. The zero-order valence-corrected chi connectivity index (χ0v) is 14.1. The van der Waals surface area contributed by atoms with Crippen LogP contribution in [0.2, 0.25) is 5.02 Å². The molecule has 1 aliphatic rings. The van der Waals surface area contributed by atoms with Gasteiger partial charge in [0.25, 0.3) is 0 Å². The van der Waals surface area contributed by atoms with E-state index in [1.54, 1.807) is 7.05 Å². The Morgan fingerprint density at radius 2 is 2.22 bits per heavy atom. The van der Waals surface area contributed by atoms with Gasteiger partial charge in [0.15, 0.2) is 5.82 Å². The minimum Gasteiger partial charge on any atom is -0.337 e. The molecule has 0 aromatic heterocycles. The number of likely N-dealkylation sites (tertiary alicyclic amines) is 1. The van der Waals surface area contributed by atoms with E-state index >= 15 is 0 Å². The lowest BCUT2D eigenvalue weighted by atomic mass is 9.98. The Morgan fingerprint density at radius 3 is 2.91 bits per heavy atom. The number of carbonyl (C=O) groups excluding carboxylic acids is 2. The average molecular weight is 342 g/mol. The number of piperidine rings is 1. The van der Waals surface area contributed by atoms with E-state index in [2.05, 4.69) is 10.2 Å². The van der Waals surface area contributed by atoms with Gasteiger partial charge in [-0.2, -0.15) is 0 Å². The zero-order valence-electron chi connectivity index (χ0n) is 13.3. The van der Waals surface area contributed by atoms with Crippen LogP contribution in [0.5, 0.6) is 0 Å². The maximum atomic E-state index is 13.8. The molecular formula is C16H21ClFN3O2. The number of nitrogens with one attached hydrogen (secondary N) is 1. The van der Waals surface area contributed by atoms with Gasteiger partial charge in [-0.1, -0.05) is 17.7 Å². The molecule has 2 rings (SSSR count). The molecule has 126 valence electrons. The highest BCUT2D eigenvalue weighted by Gasteiger charge is 2.25. The Kier molecular flexibility index (Phi) is 5.96. The number of likely N-dealkylation sites (N-methyl/N-ethyl adjacent to an activating group) is 1. The molecule has 0 unspecified atom stereocenters. The molecule has 0 radical (unpaired) electrons. The van der Waals surface area contributed by atoms with Gasteiger partial charge in [-0.05, 0) is 44.5 Å². The molecule has 0 bridgehead atoms. The number of amides is 2. The van der Waals surface area contributed by atoms with Gasteiger partial charge in [0.2, 0.25) is 0 Å². The summed E-state index contributed by atoms with van der Waals surface area (Å²) in [4.78, 5) is 27.8. The average Bonchev–Trinajstić information content (AvgIpc) is 2.51. The molecule has 23 heavy (non-hydrogen) atoms. The van der Waals surface area contributed by atoms with Crippen LogP contribution in [0.15, 0.2) is 18.2 Å². The Balaban J connectivity index is 1.93. The lowest BCUT2D eigenvalue weighted by molar-refractivity contribution is -0.142. The van der Waals surface area contributed by atoms with Gasteiger partial charge in [-0.15, -0.1) is 0 Å². The molecular weight excluding hydrogens is 321 g/mol. The van der Waals surface area contributed by atoms with Crippen molar-refractivity contribution in [2.24, 2.45) is 5.92 Å². The van der Waals surface area contributed by atoms with Gasteiger partial charge < -0.3 is 15.1 Å². The van der Waals surface area contributed by atoms with Crippen molar-refractivity contribution < 1.29 is 14.0 Å². The summed E-state index contributed by atoms with van der Waals surface area (Å²) < 4.78 is 13.8. The van der Waals surface area contributed by atoms with Crippen molar-refractivity contribution in [1.82, 2.24) is 9.80 Å². The van der Waals surface area contributed by atoms with E-state index in [4.69, 9.17) is 11.6 Å². The van der Waals surface area contributed by atoms with Crippen LogP contribution in [-0.4, -0.2) is 55.3 Å². The van der Waals surface area contributed by atoms with Crippen molar-refractivity contribution in [2.75, 3.05) is 39.0 Å². The summed E-state index contributed by atoms with van der Waals surface area (Å²) in [6.07, 6.45) is 2.12. The zero-order chi connectivity index (χ0) is 17.0. The summed E-state index contributed by atoms with van der Waals surface area (Å²) in [5, 5.41) is 2.17. The molecule has 1 heterocycles. The summed E-state index contributed by atoms with van der Waals surface area (Å²) in [6, 6.07) is 4.25. The number of hydrogen-bond acceptors (Lipinski definition) is 3. The van der Waals surface area contributed by atoms with Crippen LogP contribution in [-0.2, 0) is 9.59 Å². The predicted octanol–water partition coefficient (Wildman–Crippen LogP) is 2.22. The van der Waals surface area contributed by atoms with Gasteiger partial charge in [0, 0.05) is 20.1 Å². The third kappa shape index (κ3) is 4.65. The summed E-state index contributed by atoms with van der Waals surface area (Å²) in [5.74, 6) is -1.94. The highest BCUT2D eigenvalue weighted by Crippen LogP contribution is 2.22. The summed E-state index contributed by atoms with van der Waals surface area (Å²) in [7, 11) is 3.63. The molecule has 5 nitrogen and oxygen atoms in total. The van der Waals surface area contributed by atoms with Gasteiger partial charge in [0.05, 0.1) is 10.7 Å².